The molecule has 108 valence electrons. The van der Waals surface area contributed by atoms with Gasteiger partial charge in [-0.25, -0.2) is 4.39 Å². The molecule has 1 aliphatic rings. The maximum atomic E-state index is 13.3. The summed E-state index contributed by atoms with van der Waals surface area (Å²) in [4.78, 5) is 23.3. The highest BCUT2D eigenvalue weighted by molar-refractivity contribution is 5.94. The van der Waals surface area contributed by atoms with Crippen LogP contribution in [0, 0.1) is 5.82 Å². The summed E-state index contributed by atoms with van der Waals surface area (Å²) in [5.41, 5.74) is -0.0166. The minimum absolute atomic E-state index is 0.0166. The zero-order chi connectivity index (χ0) is 14.4. The topological polar surface area (TPSA) is 67.4 Å². The van der Waals surface area contributed by atoms with Gasteiger partial charge in [-0.05, 0) is 18.6 Å². The Hall–Kier alpha value is -1.95. The first-order valence-corrected chi connectivity index (χ1v) is 6.56. The van der Waals surface area contributed by atoms with Gasteiger partial charge in [0.1, 0.15) is 5.82 Å². The highest BCUT2D eigenvalue weighted by Crippen LogP contribution is 2.06. The predicted molar refractivity (Wildman–Crippen MR) is 70.7 cm³/mol. The van der Waals surface area contributed by atoms with Crippen LogP contribution in [0.15, 0.2) is 24.3 Å². The second-order valence-electron chi connectivity index (χ2n) is 4.61. The maximum Gasteiger partial charge on any atom is 0.254 e. The van der Waals surface area contributed by atoms with Gasteiger partial charge in [-0.3, -0.25) is 9.59 Å². The molecule has 1 aliphatic heterocycles. The number of carbonyl (C=O) groups is 2. The molecule has 1 aromatic carbocycles. The third-order valence-corrected chi connectivity index (χ3v) is 3.05. The number of rotatable bonds is 5. The van der Waals surface area contributed by atoms with Gasteiger partial charge in [0.05, 0.1) is 18.2 Å². The Morgan fingerprint density at radius 3 is 2.85 bits per heavy atom. The monoisotopic (exact) mass is 280 g/mol. The molecule has 0 aliphatic carbocycles. The van der Waals surface area contributed by atoms with E-state index in [0.717, 1.165) is 6.42 Å². The van der Waals surface area contributed by atoms with Crippen LogP contribution in [-0.2, 0) is 9.53 Å². The minimum atomic E-state index is -0.572. The van der Waals surface area contributed by atoms with Gasteiger partial charge < -0.3 is 15.4 Å². The van der Waals surface area contributed by atoms with Crippen LogP contribution in [-0.4, -0.2) is 37.6 Å². The van der Waals surface area contributed by atoms with Crippen molar-refractivity contribution in [1.82, 2.24) is 10.6 Å². The van der Waals surface area contributed by atoms with E-state index in [-0.39, 0.29) is 30.5 Å². The van der Waals surface area contributed by atoms with Crippen molar-refractivity contribution in [2.75, 3.05) is 19.8 Å². The maximum absolute atomic E-state index is 13.3. The zero-order valence-electron chi connectivity index (χ0n) is 11.0. The van der Waals surface area contributed by atoms with Crippen molar-refractivity contribution in [3.63, 3.8) is 0 Å². The van der Waals surface area contributed by atoms with E-state index in [1.165, 1.54) is 18.2 Å². The van der Waals surface area contributed by atoms with E-state index in [9.17, 15) is 14.0 Å². The van der Waals surface area contributed by atoms with Gasteiger partial charge in [0.2, 0.25) is 5.91 Å². The number of hydrogen-bond acceptors (Lipinski definition) is 3. The molecule has 1 saturated heterocycles. The van der Waals surface area contributed by atoms with Crippen molar-refractivity contribution in [1.29, 1.82) is 0 Å². The Labute approximate surface area is 116 Å². The van der Waals surface area contributed by atoms with Crippen LogP contribution in [0.4, 0.5) is 4.39 Å². The lowest BCUT2D eigenvalue weighted by atomic mass is 10.2. The van der Waals surface area contributed by atoms with Gasteiger partial charge in [0, 0.05) is 19.6 Å². The van der Waals surface area contributed by atoms with Crippen LogP contribution in [0.3, 0.4) is 0 Å². The molecule has 2 N–H and O–H groups in total. The molecule has 1 heterocycles. The summed E-state index contributed by atoms with van der Waals surface area (Å²) in [5, 5.41) is 5.34. The van der Waals surface area contributed by atoms with Gasteiger partial charge in [-0.1, -0.05) is 12.1 Å². The summed E-state index contributed by atoms with van der Waals surface area (Å²) < 4.78 is 18.5. The number of ether oxygens (including phenoxy) is 1. The average molecular weight is 280 g/mol. The SMILES string of the molecule is O=C(CCNC(=O)c1ccccc1F)N[C@H]1CCOC1. The summed E-state index contributed by atoms with van der Waals surface area (Å²) >= 11 is 0. The highest BCUT2D eigenvalue weighted by atomic mass is 19.1. The molecule has 0 radical (unpaired) electrons. The molecule has 6 heteroatoms. The van der Waals surface area contributed by atoms with Crippen molar-refractivity contribution < 1.29 is 18.7 Å². The largest absolute Gasteiger partial charge is 0.379 e. The number of halogens is 1. The first-order valence-electron chi connectivity index (χ1n) is 6.56. The third kappa shape index (κ3) is 4.03. The van der Waals surface area contributed by atoms with E-state index in [4.69, 9.17) is 4.74 Å². The number of carbonyl (C=O) groups excluding carboxylic acids is 2. The molecule has 2 rings (SSSR count). The average Bonchev–Trinajstić information content (AvgIpc) is 2.92. The number of benzene rings is 1. The number of hydrogen-bond donors (Lipinski definition) is 2. The second kappa shape index (κ2) is 7.00. The van der Waals surface area contributed by atoms with Crippen molar-refractivity contribution in [2.24, 2.45) is 0 Å². The Balaban J connectivity index is 1.71. The standard InChI is InChI=1S/C14H17FN2O3/c15-12-4-2-1-3-11(12)14(19)16-7-5-13(18)17-10-6-8-20-9-10/h1-4,10H,5-9H2,(H,16,19)(H,17,18)/t10-/m0/s1. The van der Waals surface area contributed by atoms with Crippen molar-refractivity contribution in [3.05, 3.63) is 35.6 Å². The lowest BCUT2D eigenvalue weighted by Crippen LogP contribution is -2.37. The predicted octanol–water partition coefficient (Wildman–Crippen LogP) is 0.851. The first kappa shape index (κ1) is 14.5. The number of nitrogens with one attached hydrogen (secondary N) is 2. The molecule has 2 amide bonds. The molecule has 0 unspecified atom stereocenters. The molecular formula is C14H17FN2O3. The smallest absolute Gasteiger partial charge is 0.254 e. The van der Waals surface area contributed by atoms with Gasteiger partial charge in [-0.15, -0.1) is 0 Å². The normalized spacial score (nSPS) is 17.8. The fourth-order valence-electron chi connectivity index (χ4n) is 1.98. The first-order chi connectivity index (χ1) is 9.66. The summed E-state index contributed by atoms with van der Waals surface area (Å²) in [6.45, 7) is 1.37. The van der Waals surface area contributed by atoms with Crippen LogP contribution >= 0.6 is 0 Å². The molecular weight excluding hydrogens is 263 g/mol. The third-order valence-electron chi connectivity index (χ3n) is 3.05. The van der Waals surface area contributed by atoms with Crippen LogP contribution in [0.5, 0.6) is 0 Å². The molecule has 1 aromatic rings. The van der Waals surface area contributed by atoms with Crippen LogP contribution in [0.2, 0.25) is 0 Å². The quantitative estimate of drug-likeness (QED) is 0.840. The molecule has 0 saturated carbocycles. The molecule has 0 bridgehead atoms. The van der Waals surface area contributed by atoms with Gasteiger partial charge >= 0.3 is 0 Å². The van der Waals surface area contributed by atoms with Crippen molar-refractivity contribution in [3.8, 4) is 0 Å². The molecule has 0 spiro atoms. The molecule has 0 aromatic heterocycles. The number of amides is 2. The van der Waals surface area contributed by atoms with Crippen molar-refractivity contribution >= 4 is 11.8 Å². The molecule has 20 heavy (non-hydrogen) atoms. The van der Waals surface area contributed by atoms with Crippen LogP contribution < -0.4 is 10.6 Å². The fourth-order valence-corrected chi connectivity index (χ4v) is 1.98. The van der Waals surface area contributed by atoms with E-state index < -0.39 is 11.7 Å². The zero-order valence-corrected chi connectivity index (χ0v) is 11.0. The van der Waals surface area contributed by atoms with E-state index in [1.54, 1.807) is 6.07 Å². The Morgan fingerprint density at radius 1 is 1.35 bits per heavy atom. The van der Waals surface area contributed by atoms with Gasteiger partial charge in [0.25, 0.3) is 5.91 Å². The second-order valence-corrected chi connectivity index (χ2v) is 4.61. The summed E-state index contributed by atoms with van der Waals surface area (Å²) in [6.07, 6.45) is 0.976. The molecule has 1 atom stereocenters. The fraction of sp³-hybridized carbons (Fsp3) is 0.429. The lowest BCUT2D eigenvalue weighted by molar-refractivity contribution is -0.121. The Kier molecular flexibility index (Phi) is 5.06. The molecule has 5 nitrogen and oxygen atoms in total. The van der Waals surface area contributed by atoms with E-state index in [1.807, 2.05) is 0 Å². The minimum Gasteiger partial charge on any atom is -0.379 e. The summed E-state index contributed by atoms with van der Waals surface area (Å²) in [5.74, 6) is -1.23. The van der Waals surface area contributed by atoms with E-state index in [0.29, 0.717) is 13.2 Å². The van der Waals surface area contributed by atoms with Crippen molar-refractivity contribution in [2.45, 2.75) is 18.9 Å². The van der Waals surface area contributed by atoms with Crippen LogP contribution in [0.1, 0.15) is 23.2 Å². The highest BCUT2D eigenvalue weighted by Gasteiger charge is 2.17. The summed E-state index contributed by atoms with van der Waals surface area (Å²) in [6, 6.07) is 5.79. The summed E-state index contributed by atoms with van der Waals surface area (Å²) in [7, 11) is 0. The lowest BCUT2D eigenvalue weighted by Gasteiger charge is -2.11. The van der Waals surface area contributed by atoms with Gasteiger partial charge in [0.15, 0.2) is 0 Å². The molecule has 1 fully saturated rings. The Morgan fingerprint density at radius 2 is 2.15 bits per heavy atom. The van der Waals surface area contributed by atoms with Crippen LogP contribution in [0.25, 0.3) is 0 Å². The Bertz CT molecular complexity index is 487. The van der Waals surface area contributed by atoms with Gasteiger partial charge in [-0.2, -0.15) is 0 Å². The van der Waals surface area contributed by atoms with E-state index >= 15 is 0 Å². The van der Waals surface area contributed by atoms with E-state index in [2.05, 4.69) is 10.6 Å².